The van der Waals surface area contributed by atoms with E-state index in [-0.39, 0.29) is 21.5 Å². The second-order valence-electron chi connectivity index (χ2n) is 4.55. The molecule has 2 rings (SSSR count). The molecular weight excluding hydrogens is 312 g/mol. The van der Waals surface area contributed by atoms with E-state index in [0.717, 1.165) is 5.56 Å². The van der Waals surface area contributed by atoms with Crippen molar-refractivity contribution < 1.29 is 17.4 Å². The van der Waals surface area contributed by atoms with Crippen LogP contribution >= 0.6 is 11.6 Å². The summed E-state index contributed by atoms with van der Waals surface area (Å²) in [5.41, 5.74) is 1.33. The lowest BCUT2D eigenvalue weighted by atomic mass is 10.1. The van der Waals surface area contributed by atoms with Crippen molar-refractivity contribution in [1.29, 1.82) is 0 Å². The lowest BCUT2D eigenvalue weighted by Gasteiger charge is -2.09. The second kappa shape index (κ2) is 5.87. The van der Waals surface area contributed by atoms with Crippen LogP contribution in [0.1, 0.15) is 22.8 Å². The molecule has 0 saturated heterocycles. The molecule has 0 spiro atoms. The van der Waals surface area contributed by atoms with Gasteiger partial charge in [-0.2, -0.15) is 8.42 Å². The first-order valence-corrected chi connectivity index (χ1v) is 7.90. The van der Waals surface area contributed by atoms with E-state index < -0.39 is 10.1 Å². The van der Waals surface area contributed by atoms with Crippen LogP contribution in [0.25, 0.3) is 0 Å². The van der Waals surface area contributed by atoms with Gasteiger partial charge in [0.1, 0.15) is 10.6 Å². The Morgan fingerprint density at radius 3 is 2.24 bits per heavy atom. The highest BCUT2D eigenvalue weighted by molar-refractivity contribution is 7.87. The Labute approximate surface area is 128 Å². The summed E-state index contributed by atoms with van der Waals surface area (Å²) >= 11 is 5.94. The average Bonchev–Trinajstić information content (AvgIpc) is 2.38. The largest absolute Gasteiger partial charge is 0.379 e. The number of carbonyl (C=O) groups excluding carboxylic acids is 1. The van der Waals surface area contributed by atoms with Crippen LogP contribution in [-0.4, -0.2) is 14.2 Å². The Balaban J connectivity index is 2.30. The van der Waals surface area contributed by atoms with Crippen LogP contribution in [0.3, 0.4) is 0 Å². The van der Waals surface area contributed by atoms with E-state index in [1.807, 2.05) is 6.92 Å². The molecule has 0 aliphatic carbocycles. The summed E-state index contributed by atoms with van der Waals surface area (Å²) in [6.07, 6.45) is 0. The van der Waals surface area contributed by atoms with Gasteiger partial charge in [-0.3, -0.25) is 4.79 Å². The van der Waals surface area contributed by atoms with Crippen LogP contribution in [0.2, 0.25) is 5.02 Å². The maximum Gasteiger partial charge on any atom is 0.340 e. The lowest BCUT2D eigenvalue weighted by Crippen LogP contribution is -2.10. The molecule has 0 aliphatic heterocycles. The predicted molar refractivity (Wildman–Crippen MR) is 80.4 cm³/mol. The van der Waals surface area contributed by atoms with E-state index in [9.17, 15) is 13.2 Å². The number of rotatable bonds is 4. The molecule has 4 nitrogen and oxygen atoms in total. The number of hydrogen-bond donors (Lipinski definition) is 0. The normalized spacial score (nSPS) is 11.2. The number of Topliss-reactive ketones (excluding diaryl/α,β-unsaturated/α-hetero) is 1. The molecule has 0 unspecified atom stereocenters. The highest BCUT2D eigenvalue weighted by atomic mass is 35.5. The van der Waals surface area contributed by atoms with Gasteiger partial charge in [0.25, 0.3) is 0 Å². The van der Waals surface area contributed by atoms with Gasteiger partial charge in [0.05, 0.1) is 5.02 Å². The number of ketones is 1. The van der Waals surface area contributed by atoms with E-state index in [1.165, 1.54) is 37.3 Å². The highest BCUT2D eigenvalue weighted by Gasteiger charge is 2.20. The van der Waals surface area contributed by atoms with Gasteiger partial charge < -0.3 is 4.18 Å². The maximum absolute atomic E-state index is 12.2. The number of aryl methyl sites for hydroxylation is 1. The minimum Gasteiger partial charge on any atom is -0.379 e. The fourth-order valence-electron chi connectivity index (χ4n) is 1.73. The monoisotopic (exact) mass is 324 g/mol. The highest BCUT2D eigenvalue weighted by Crippen LogP contribution is 2.26. The van der Waals surface area contributed by atoms with E-state index in [2.05, 4.69) is 0 Å². The summed E-state index contributed by atoms with van der Waals surface area (Å²) in [6.45, 7) is 3.24. The number of benzene rings is 2. The van der Waals surface area contributed by atoms with Gasteiger partial charge in [-0.1, -0.05) is 17.7 Å². The van der Waals surface area contributed by atoms with Crippen LogP contribution in [0.15, 0.2) is 47.4 Å². The molecular formula is C15H13ClO4S. The molecule has 2 aromatic rings. The van der Waals surface area contributed by atoms with Crippen LogP contribution in [0.4, 0.5) is 0 Å². The van der Waals surface area contributed by atoms with Crippen LogP contribution in [-0.2, 0) is 10.1 Å². The molecule has 0 bridgehead atoms. The van der Waals surface area contributed by atoms with Gasteiger partial charge in [-0.05, 0) is 55.8 Å². The zero-order valence-corrected chi connectivity index (χ0v) is 13.0. The van der Waals surface area contributed by atoms with E-state index in [0.29, 0.717) is 5.56 Å². The van der Waals surface area contributed by atoms with Crippen molar-refractivity contribution >= 4 is 27.5 Å². The third-order valence-electron chi connectivity index (χ3n) is 2.82. The first-order chi connectivity index (χ1) is 9.79. The van der Waals surface area contributed by atoms with Gasteiger partial charge in [-0.25, -0.2) is 0 Å². The summed E-state index contributed by atoms with van der Waals surface area (Å²) in [7, 11) is -4.01. The number of carbonyl (C=O) groups is 1. The third kappa shape index (κ3) is 3.62. The van der Waals surface area contributed by atoms with Gasteiger partial charge in [-0.15, -0.1) is 0 Å². The molecule has 0 aromatic heterocycles. The summed E-state index contributed by atoms with van der Waals surface area (Å²) < 4.78 is 29.4. The first kappa shape index (κ1) is 15.5. The maximum atomic E-state index is 12.2. The Bertz CT molecular complexity index is 780. The van der Waals surface area contributed by atoms with Crippen molar-refractivity contribution in [2.75, 3.05) is 0 Å². The standard InChI is InChI=1S/C15H13ClO4S/c1-10-3-8-15(14(16)9-10)21(18,19)20-13-6-4-12(5-7-13)11(2)17/h3-9H,1-2H3. The smallest absolute Gasteiger partial charge is 0.340 e. The van der Waals surface area contributed by atoms with Crippen molar-refractivity contribution in [2.45, 2.75) is 18.7 Å². The zero-order valence-electron chi connectivity index (χ0n) is 11.5. The van der Waals surface area contributed by atoms with Gasteiger partial charge in [0.2, 0.25) is 0 Å². The first-order valence-electron chi connectivity index (χ1n) is 6.11. The predicted octanol–water partition coefficient (Wildman–Crippen LogP) is 3.62. The number of hydrogen-bond acceptors (Lipinski definition) is 4. The quantitative estimate of drug-likeness (QED) is 0.636. The van der Waals surface area contributed by atoms with Crippen molar-refractivity contribution in [3.8, 4) is 5.75 Å². The van der Waals surface area contributed by atoms with Crippen molar-refractivity contribution in [2.24, 2.45) is 0 Å². The molecule has 21 heavy (non-hydrogen) atoms. The number of halogens is 1. The fraction of sp³-hybridized carbons (Fsp3) is 0.133. The zero-order chi connectivity index (χ0) is 15.6. The van der Waals surface area contributed by atoms with Crippen LogP contribution in [0, 0.1) is 6.92 Å². The topological polar surface area (TPSA) is 60.4 Å². The molecule has 0 N–H and O–H groups in total. The molecule has 0 saturated carbocycles. The Morgan fingerprint density at radius 2 is 1.71 bits per heavy atom. The summed E-state index contributed by atoms with van der Waals surface area (Å²) in [4.78, 5) is 11.1. The molecule has 110 valence electrons. The molecule has 0 heterocycles. The minimum absolute atomic E-state index is 0.0922. The Kier molecular flexibility index (Phi) is 4.34. The molecule has 0 fully saturated rings. The fourth-order valence-corrected chi connectivity index (χ4v) is 3.23. The van der Waals surface area contributed by atoms with Crippen molar-refractivity contribution in [3.63, 3.8) is 0 Å². The molecule has 0 aliphatic rings. The van der Waals surface area contributed by atoms with Gasteiger partial charge >= 0.3 is 10.1 Å². The Morgan fingerprint density at radius 1 is 1.10 bits per heavy atom. The summed E-state index contributed by atoms with van der Waals surface area (Å²) in [5, 5.41) is 0.107. The van der Waals surface area contributed by atoms with E-state index in [4.69, 9.17) is 15.8 Å². The summed E-state index contributed by atoms with van der Waals surface area (Å²) in [5.74, 6) is 0.0163. The molecule has 0 atom stereocenters. The van der Waals surface area contributed by atoms with E-state index >= 15 is 0 Å². The lowest BCUT2D eigenvalue weighted by molar-refractivity contribution is 0.101. The molecule has 2 aromatic carbocycles. The van der Waals surface area contributed by atoms with E-state index in [1.54, 1.807) is 12.1 Å². The van der Waals surface area contributed by atoms with Crippen molar-refractivity contribution in [1.82, 2.24) is 0 Å². The third-order valence-corrected chi connectivity index (χ3v) is 4.55. The van der Waals surface area contributed by atoms with Gasteiger partial charge in [0, 0.05) is 5.56 Å². The minimum atomic E-state index is -4.01. The average molecular weight is 325 g/mol. The van der Waals surface area contributed by atoms with Crippen LogP contribution < -0.4 is 4.18 Å². The van der Waals surface area contributed by atoms with Crippen LogP contribution in [0.5, 0.6) is 5.75 Å². The summed E-state index contributed by atoms with van der Waals surface area (Å²) in [6, 6.07) is 10.5. The van der Waals surface area contributed by atoms with Gasteiger partial charge in [0.15, 0.2) is 5.78 Å². The van der Waals surface area contributed by atoms with Crippen molar-refractivity contribution in [3.05, 3.63) is 58.6 Å². The SMILES string of the molecule is CC(=O)c1ccc(OS(=O)(=O)c2ccc(C)cc2Cl)cc1. The molecule has 0 radical (unpaired) electrons. The molecule has 0 amide bonds. The Hall–Kier alpha value is -1.85. The second-order valence-corrected chi connectivity index (χ2v) is 6.47. The molecule has 6 heteroatoms.